The fourth-order valence-corrected chi connectivity index (χ4v) is 1.99. The van der Waals surface area contributed by atoms with Gasteiger partial charge in [0.25, 0.3) is 0 Å². The first kappa shape index (κ1) is 16.4. The van der Waals surface area contributed by atoms with E-state index in [0.29, 0.717) is 0 Å². The van der Waals surface area contributed by atoms with E-state index in [2.05, 4.69) is 0 Å². The molecule has 8 heteroatoms. The summed E-state index contributed by atoms with van der Waals surface area (Å²) in [4.78, 5) is 33.3. The number of hydrogen-bond acceptors (Lipinski definition) is 8. The van der Waals surface area contributed by atoms with Gasteiger partial charge in [-0.2, -0.15) is 0 Å². The van der Waals surface area contributed by atoms with Gasteiger partial charge in [-0.25, -0.2) is 0 Å². The van der Waals surface area contributed by atoms with Gasteiger partial charge in [-0.3, -0.25) is 14.4 Å². The zero-order valence-corrected chi connectivity index (χ0v) is 11.7. The molecule has 1 saturated heterocycles. The van der Waals surface area contributed by atoms with Crippen molar-refractivity contribution >= 4 is 17.9 Å². The van der Waals surface area contributed by atoms with E-state index in [4.69, 9.17) is 18.9 Å². The quantitative estimate of drug-likeness (QED) is 0.548. The van der Waals surface area contributed by atoms with Crippen LogP contribution in [0.1, 0.15) is 27.7 Å². The Labute approximate surface area is 115 Å². The molecule has 1 N–H and O–H groups in total. The Hall–Kier alpha value is -1.67. The van der Waals surface area contributed by atoms with Crippen LogP contribution in [0.15, 0.2) is 0 Å². The molecule has 5 atom stereocenters. The van der Waals surface area contributed by atoms with Crippen molar-refractivity contribution in [1.29, 1.82) is 0 Å². The van der Waals surface area contributed by atoms with E-state index in [0.717, 1.165) is 13.8 Å². The molecule has 0 amide bonds. The smallest absolute Gasteiger partial charge is 0.303 e. The molecule has 0 aromatic heterocycles. The molecule has 0 aliphatic carbocycles. The lowest BCUT2D eigenvalue weighted by molar-refractivity contribution is -0.288. The van der Waals surface area contributed by atoms with Crippen molar-refractivity contribution in [3.63, 3.8) is 0 Å². The highest BCUT2D eigenvalue weighted by Gasteiger charge is 2.49. The molecule has 0 saturated carbocycles. The summed E-state index contributed by atoms with van der Waals surface area (Å²) in [6.45, 7) is 5.01. The molecule has 0 aromatic carbocycles. The van der Waals surface area contributed by atoms with Gasteiger partial charge in [0.15, 0.2) is 24.6 Å². The lowest BCUT2D eigenvalue weighted by Crippen LogP contribution is -2.60. The monoisotopic (exact) mass is 290 g/mol. The van der Waals surface area contributed by atoms with Crippen LogP contribution in [-0.4, -0.2) is 53.7 Å². The average molecular weight is 290 g/mol. The molecule has 0 bridgehead atoms. The van der Waals surface area contributed by atoms with E-state index in [-0.39, 0.29) is 0 Å². The summed E-state index contributed by atoms with van der Waals surface area (Å²) in [5.41, 5.74) is 0. The summed E-state index contributed by atoms with van der Waals surface area (Å²) in [5, 5.41) is 9.79. The number of aliphatic hydroxyl groups excluding tert-OH is 1. The summed E-state index contributed by atoms with van der Waals surface area (Å²) in [7, 11) is 0. The van der Waals surface area contributed by atoms with Gasteiger partial charge in [-0.15, -0.1) is 0 Å². The van der Waals surface area contributed by atoms with Crippen LogP contribution in [0.4, 0.5) is 0 Å². The Morgan fingerprint density at radius 1 is 0.850 bits per heavy atom. The summed E-state index contributed by atoms with van der Waals surface area (Å²) in [5.74, 6) is -1.96. The third-order valence-electron chi connectivity index (χ3n) is 2.65. The van der Waals surface area contributed by atoms with Crippen LogP contribution in [0, 0.1) is 0 Å². The molecule has 1 aliphatic heterocycles. The Morgan fingerprint density at radius 3 is 1.70 bits per heavy atom. The van der Waals surface area contributed by atoms with E-state index in [1.165, 1.54) is 13.8 Å². The molecule has 0 radical (unpaired) electrons. The second-order valence-corrected chi connectivity index (χ2v) is 4.45. The zero-order chi connectivity index (χ0) is 15.4. The third-order valence-corrected chi connectivity index (χ3v) is 2.65. The van der Waals surface area contributed by atoms with Crippen LogP contribution in [0.3, 0.4) is 0 Å². The fraction of sp³-hybridized carbons (Fsp3) is 0.750. The van der Waals surface area contributed by atoms with Crippen molar-refractivity contribution in [2.75, 3.05) is 0 Å². The number of esters is 3. The normalized spacial score (nSPS) is 33.1. The molecular formula is C12H18O8. The molecule has 2 unspecified atom stereocenters. The number of aliphatic hydroxyl groups is 1. The molecule has 0 spiro atoms. The van der Waals surface area contributed by atoms with Gasteiger partial charge >= 0.3 is 17.9 Å². The van der Waals surface area contributed by atoms with E-state index in [9.17, 15) is 19.5 Å². The number of carbonyl (C=O) groups is 3. The van der Waals surface area contributed by atoms with Crippen molar-refractivity contribution in [3.8, 4) is 0 Å². The van der Waals surface area contributed by atoms with E-state index < -0.39 is 48.6 Å². The number of rotatable bonds is 3. The van der Waals surface area contributed by atoms with Crippen LogP contribution < -0.4 is 0 Å². The Bertz CT molecular complexity index is 365. The van der Waals surface area contributed by atoms with Gasteiger partial charge in [-0.1, -0.05) is 0 Å². The summed E-state index contributed by atoms with van der Waals surface area (Å²) in [6, 6.07) is 0. The largest absolute Gasteiger partial charge is 0.456 e. The molecule has 1 aliphatic rings. The number of ether oxygens (including phenoxy) is 4. The minimum Gasteiger partial charge on any atom is -0.456 e. The molecule has 1 heterocycles. The van der Waals surface area contributed by atoms with Gasteiger partial charge in [0, 0.05) is 20.8 Å². The summed E-state index contributed by atoms with van der Waals surface area (Å²) >= 11 is 0. The molecule has 1 fully saturated rings. The highest BCUT2D eigenvalue weighted by molar-refractivity contribution is 5.68. The minimum atomic E-state index is -1.48. The Balaban J connectivity index is 3.01. The standard InChI is InChI=1S/C12H18O8/c1-5-9(18-6(2)13)10(19-7(3)14)11(12(16)17-5)20-8(4)15/h5,9-12,16H,1-4H3/t5?,9-,10?,11-,12-/m1/s1. The summed E-state index contributed by atoms with van der Waals surface area (Å²) < 4.78 is 20.1. The van der Waals surface area contributed by atoms with Gasteiger partial charge in [0.2, 0.25) is 0 Å². The van der Waals surface area contributed by atoms with E-state index >= 15 is 0 Å². The first-order valence-corrected chi connectivity index (χ1v) is 6.07. The average Bonchev–Trinajstić information content (AvgIpc) is 2.27. The molecule has 8 nitrogen and oxygen atoms in total. The van der Waals surface area contributed by atoms with E-state index in [1.54, 1.807) is 0 Å². The van der Waals surface area contributed by atoms with Crippen LogP contribution in [0.2, 0.25) is 0 Å². The maximum atomic E-state index is 11.2. The van der Waals surface area contributed by atoms with Crippen molar-refractivity contribution in [2.24, 2.45) is 0 Å². The second-order valence-electron chi connectivity index (χ2n) is 4.45. The van der Waals surface area contributed by atoms with Gasteiger partial charge in [0.05, 0.1) is 6.10 Å². The van der Waals surface area contributed by atoms with E-state index in [1.807, 2.05) is 0 Å². The van der Waals surface area contributed by atoms with Crippen LogP contribution >= 0.6 is 0 Å². The van der Waals surface area contributed by atoms with Gasteiger partial charge < -0.3 is 24.1 Å². The molecule has 114 valence electrons. The number of carbonyl (C=O) groups excluding carboxylic acids is 3. The third kappa shape index (κ3) is 4.17. The number of hydrogen-bond donors (Lipinski definition) is 1. The zero-order valence-electron chi connectivity index (χ0n) is 11.7. The predicted molar refractivity (Wildman–Crippen MR) is 63.2 cm³/mol. The van der Waals surface area contributed by atoms with Crippen molar-refractivity contribution in [3.05, 3.63) is 0 Å². The predicted octanol–water partition coefficient (Wildman–Crippen LogP) is -0.481. The van der Waals surface area contributed by atoms with Crippen LogP contribution in [0.25, 0.3) is 0 Å². The maximum Gasteiger partial charge on any atom is 0.303 e. The Kier molecular flexibility index (Phi) is 5.46. The topological polar surface area (TPSA) is 108 Å². The highest BCUT2D eigenvalue weighted by atomic mass is 16.7. The fourth-order valence-electron chi connectivity index (χ4n) is 1.99. The Morgan fingerprint density at radius 2 is 1.25 bits per heavy atom. The van der Waals surface area contributed by atoms with Crippen LogP contribution in [-0.2, 0) is 33.3 Å². The first-order valence-electron chi connectivity index (χ1n) is 6.07. The first-order chi connectivity index (χ1) is 9.22. The summed E-state index contributed by atoms with van der Waals surface area (Å²) in [6.07, 6.45) is -5.60. The molecular weight excluding hydrogens is 272 g/mol. The SMILES string of the molecule is CC(=O)OC1[C@H](OC(C)=O)C(C)O[C@@H](O)[C@@H]1OC(C)=O. The van der Waals surface area contributed by atoms with Gasteiger partial charge in [0.1, 0.15) is 0 Å². The maximum absolute atomic E-state index is 11.2. The molecule has 20 heavy (non-hydrogen) atoms. The lowest BCUT2D eigenvalue weighted by atomic mass is 9.99. The van der Waals surface area contributed by atoms with Crippen molar-refractivity contribution in [1.82, 2.24) is 0 Å². The minimum absolute atomic E-state index is 0.611. The molecule has 0 aromatic rings. The highest BCUT2D eigenvalue weighted by Crippen LogP contribution is 2.27. The van der Waals surface area contributed by atoms with Crippen molar-refractivity contribution < 1.29 is 38.4 Å². The van der Waals surface area contributed by atoms with Crippen LogP contribution in [0.5, 0.6) is 0 Å². The second kappa shape index (κ2) is 6.67. The molecule has 1 rings (SSSR count). The van der Waals surface area contributed by atoms with Gasteiger partial charge in [-0.05, 0) is 6.92 Å². The lowest BCUT2D eigenvalue weighted by Gasteiger charge is -2.41. The van der Waals surface area contributed by atoms with Crippen molar-refractivity contribution in [2.45, 2.75) is 58.4 Å².